The SMILES string of the molecule is Cc1cccc(OCCOCCOc2ccccc2/C=C2\C(=O)NN(c3ccccc3)C2=O)c1. The van der Waals surface area contributed by atoms with Crippen LogP contribution in [0.25, 0.3) is 6.08 Å². The molecule has 2 amide bonds. The smallest absolute Gasteiger partial charge is 0.282 e. The van der Waals surface area contributed by atoms with E-state index in [2.05, 4.69) is 5.43 Å². The van der Waals surface area contributed by atoms with Crippen LogP contribution < -0.4 is 19.9 Å². The molecule has 0 atom stereocenters. The first-order valence-corrected chi connectivity index (χ1v) is 11.0. The maximum atomic E-state index is 12.8. The molecule has 0 saturated carbocycles. The number of carbonyl (C=O) groups is 2. The minimum Gasteiger partial charge on any atom is -0.491 e. The van der Waals surface area contributed by atoms with Gasteiger partial charge >= 0.3 is 0 Å². The van der Waals surface area contributed by atoms with Crippen LogP contribution in [0.15, 0.2) is 84.4 Å². The van der Waals surface area contributed by atoms with Crippen LogP contribution in [0.4, 0.5) is 5.69 Å². The van der Waals surface area contributed by atoms with Crippen LogP contribution in [-0.2, 0) is 14.3 Å². The summed E-state index contributed by atoms with van der Waals surface area (Å²) in [6.45, 7) is 3.60. The van der Waals surface area contributed by atoms with Crippen LogP contribution in [0.5, 0.6) is 11.5 Å². The highest BCUT2D eigenvalue weighted by Gasteiger charge is 2.34. The third-order valence-corrected chi connectivity index (χ3v) is 5.10. The fourth-order valence-electron chi connectivity index (χ4n) is 3.44. The lowest BCUT2D eigenvalue weighted by atomic mass is 10.1. The summed E-state index contributed by atoms with van der Waals surface area (Å²) in [7, 11) is 0. The largest absolute Gasteiger partial charge is 0.491 e. The minimum absolute atomic E-state index is 0.0458. The van der Waals surface area contributed by atoms with Crippen molar-refractivity contribution in [2.24, 2.45) is 0 Å². The third kappa shape index (κ3) is 5.82. The van der Waals surface area contributed by atoms with Gasteiger partial charge in [0.15, 0.2) is 0 Å². The Morgan fingerprint density at radius 2 is 1.56 bits per heavy atom. The number of benzene rings is 3. The standard InChI is InChI=1S/C27H26N2O5/c1-20-8-7-12-23(18-20)33-16-14-32-15-17-34-25-13-6-5-9-21(25)19-24-26(30)28-29(27(24)31)22-10-3-2-4-11-22/h2-13,18-19H,14-17H2,1H3,(H,28,30)/b24-19+. The number of ether oxygens (including phenoxy) is 3. The Labute approximate surface area is 198 Å². The van der Waals surface area contributed by atoms with E-state index in [4.69, 9.17) is 14.2 Å². The van der Waals surface area contributed by atoms with Gasteiger partial charge in [-0.1, -0.05) is 48.5 Å². The zero-order valence-electron chi connectivity index (χ0n) is 18.9. The molecular weight excluding hydrogens is 432 g/mol. The van der Waals surface area contributed by atoms with Gasteiger partial charge in [-0.2, -0.15) is 0 Å². The number of carbonyl (C=O) groups excluding carboxylic acids is 2. The van der Waals surface area contributed by atoms with Gasteiger partial charge in [-0.25, -0.2) is 5.01 Å². The number of aryl methyl sites for hydroxylation is 1. The van der Waals surface area contributed by atoms with E-state index in [0.29, 0.717) is 43.4 Å². The van der Waals surface area contributed by atoms with Crippen LogP contribution >= 0.6 is 0 Å². The summed E-state index contributed by atoms with van der Waals surface area (Å²) in [5, 5.41) is 1.24. The van der Waals surface area contributed by atoms with Crippen molar-refractivity contribution in [3.63, 3.8) is 0 Å². The van der Waals surface area contributed by atoms with Crippen LogP contribution in [0.1, 0.15) is 11.1 Å². The molecule has 1 aliphatic heterocycles. The average molecular weight is 459 g/mol. The average Bonchev–Trinajstić information content (AvgIpc) is 3.13. The van der Waals surface area contributed by atoms with Crippen LogP contribution in [-0.4, -0.2) is 38.2 Å². The van der Waals surface area contributed by atoms with Crippen LogP contribution in [0.2, 0.25) is 0 Å². The first kappa shape index (κ1) is 23.1. The van der Waals surface area contributed by atoms with Crippen molar-refractivity contribution in [2.75, 3.05) is 31.4 Å². The first-order valence-electron chi connectivity index (χ1n) is 11.0. The van der Waals surface area contributed by atoms with Crippen molar-refractivity contribution < 1.29 is 23.8 Å². The molecule has 1 fully saturated rings. The molecule has 0 spiro atoms. The van der Waals surface area contributed by atoms with E-state index >= 15 is 0 Å². The zero-order valence-corrected chi connectivity index (χ0v) is 18.9. The maximum Gasteiger partial charge on any atom is 0.282 e. The molecule has 1 heterocycles. The maximum absolute atomic E-state index is 12.8. The number of hydrazine groups is 1. The lowest BCUT2D eigenvalue weighted by Crippen LogP contribution is -2.35. The van der Waals surface area contributed by atoms with Gasteiger partial charge in [0.2, 0.25) is 0 Å². The van der Waals surface area contributed by atoms with Gasteiger partial charge in [-0.05, 0) is 48.9 Å². The molecular formula is C27H26N2O5. The van der Waals surface area contributed by atoms with Gasteiger partial charge in [-0.15, -0.1) is 0 Å². The van der Waals surface area contributed by atoms with Crippen molar-refractivity contribution >= 4 is 23.6 Å². The molecule has 1 saturated heterocycles. The second kappa shape index (κ2) is 11.2. The highest BCUT2D eigenvalue weighted by molar-refractivity contribution is 6.31. The molecule has 1 aliphatic rings. The topological polar surface area (TPSA) is 77.1 Å². The van der Waals surface area contributed by atoms with Crippen molar-refractivity contribution in [1.82, 2.24) is 5.43 Å². The van der Waals surface area contributed by atoms with Gasteiger partial charge in [0.25, 0.3) is 11.8 Å². The molecule has 0 aliphatic carbocycles. The van der Waals surface area contributed by atoms with Gasteiger partial charge < -0.3 is 14.2 Å². The lowest BCUT2D eigenvalue weighted by Gasteiger charge is -2.14. The number of para-hydroxylation sites is 2. The fraction of sp³-hybridized carbons (Fsp3) is 0.185. The first-order chi connectivity index (χ1) is 16.6. The van der Waals surface area contributed by atoms with E-state index in [1.165, 1.54) is 5.01 Å². The van der Waals surface area contributed by atoms with Crippen molar-refractivity contribution in [2.45, 2.75) is 6.92 Å². The molecule has 3 aromatic carbocycles. The van der Waals surface area contributed by atoms with E-state index in [9.17, 15) is 9.59 Å². The number of nitrogens with zero attached hydrogens (tertiary/aromatic N) is 1. The molecule has 0 bridgehead atoms. The van der Waals surface area contributed by atoms with Crippen molar-refractivity contribution in [3.05, 3.63) is 95.6 Å². The monoisotopic (exact) mass is 458 g/mol. The second-order valence-electron chi connectivity index (χ2n) is 7.64. The summed E-state index contributed by atoms with van der Waals surface area (Å²) in [4.78, 5) is 25.3. The molecule has 0 unspecified atom stereocenters. The Morgan fingerprint density at radius 1 is 0.824 bits per heavy atom. The normalized spacial score (nSPS) is 14.4. The molecule has 174 valence electrons. The Morgan fingerprint density at radius 3 is 2.35 bits per heavy atom. The van der Waals surface area contributed by atoms with Gasteiger partial charge in [0, 0.05) is 5.56 Å². The number of rotatable bonds is 10. The quantitative estimate of drug-likeness (QED) is 0.283. The molecule has 34 heavy (non-hydrogen) atoms. The molecule has 0 radical (unpaired) electrons. The molecule has 3 aromatic rings. The highest BCUT2D eigenvalue weighted by Crippen LogP contribution is 2.25. The number of anilines is 1. The van der Waals surface area contributed by atoms with Gasteiger partial charge in [0.05, 0.1) is 18.9 Å². The predicted octanol–water partition coefficient (Wildman–Crippen LogP) is 3.93. The van der Waals surface area contributed by atoms with E-state index in [-0.39, 0.29) is 5.57 Å². The Balaban J connectivity index is 1.29. The number of amides is 2. The Kier molecular flexibility index (Phi) is 7.57. The van der Waals surface area contributed by atoms with Gasteiger partial charge in [0.1, 0.15) is 30.3 Å². The van der Waals surface area contributed by atoms with Crippen molar-refractivity contribution in [3.8, 4) is 11.5 Å². The minimum atomic E-state index is -0.458. The molecule has 0 aromatic heterocycles. The van der Waals surface area contributed by atoms with E-state index in [0.717, 1.165) is 11.3 Å². The molecule has 7 nitrogen and oxygen atoms in total. The number of nitrogens with one attached hydrogen (secondary N) is 1. The second-order valence-corrected chi connectivity index (χ2v) is 7.64. The Hall–Kier alpha value is -4.10. The summed E-state index contributed by atoms with van der Waals surface area (Å²) in [6, 6.07) is 24.1. The highest BCUT2D eigenvalue weighted by atomic mass is 16.5. The summed E-state index contributed by atoms with van der Waals surface area (Å²) < 4.78 is 17.1. The molecule has 1 N–H and O–H groups in total. The van der Waals surface area contributed by atoms with Crippen LogP contribution in [0, 0.1) is 6.92 Å². The fourth-order valence-corrected chi connectivity index (χ4v) is 3.44. The van der Waals surface area contributed by atoms with Gasteiger partial charge in [-0.3, -0.25) is 15.0 Å². The molecule has 7 heteroatoms. The lowest BCUT2D eigenvalue weighted by molar-refractivity contribution is -0.117. The number of hydrogen-bond donors (Lipinski definition) is 1. The van der Waals surface area contributed by atoms with E-state index in [1.54, 1.807) is 42.5 Å². The summed E-state index contributed by atoms with van der Waals surface area (Å²) >= 11 is 0. The predicted molar refractivity (Wildman–Crippen MR) is 129 cm³/mol. The molecule has 4 rings (SSSR count). The zero-order chi connectivity index (χ0) is 23.8. The summed E-state index contributed by atoms with van der Waals surface area (Å²) in [6.07, 6.45) is 1.55. The number of hydrogen-bond acceptors (Lipinski definition) is 5. The van der Waals surface area contributed by atoms with E-state index < -0.39 is 11.8 Å². The summed E-state index contributed by atoms with van der Waals surface area (Å²) in [5.41, 5.74) is 5.02. The van der Waals surface area contributed by atoms with Crippen molar-refractivity contribution in [1.29, 1.82) is 0 Å². The van der Waals surface area contributed by atoms with Crippen LogP contribution in [0.3, 0.4) is 0 Å². The Bertz CT molecular complexity index is 1180. The summed E-state index contributed by atoms with van der Waals surface area (Å²) in [5.74, 6) is 0.509. The third-order valence-electron chi connectivity index (χ3n) is 5.10. The van der Waals surface area contributed by atoms with E-state index in [1.807, 2.05) is 49.4 Å².